The number of aromatic nitrogens is 5. The topological polar surface area (TPSA) is 72.9 Å². The highest BCUT2D eigenvalue weighted by molar-refractivity contribution is 5.80. The number of fused-ring (bicyclic) bond motifs is 1. The Morgan fingerprint density at radius 3 is 2.77 bits per heavy atom. The Hall–Kier alpha value is -3.22. The van der Waals surface area contributed by atoms with Crippen LogP contribution >= 0.6 is 0 Å². The first-order valence-corrected chi connectivity index (χ1v) is 8.61. The molecule has 0 fully saturated rings. The molecule has 0 spiro atoms. The second kappa shape index (κ2) is 6.59. The summed E-state index contributed by atoms with van der Waals surface area (Å²) in [6.45, 7) is 2.97. The molecule has 0 atom stereocenters. The van der Waals surface area contributed by atoms with Gasteiger partial charge in [0.1, 0.15) is 5.52 Å². The molecular formula is C19H20N6O. The van der Waals surface area contributed by atoms with E-state index in [1.165, 1.54) is 0 Å². The number of hydrogen-bond donors (Lipinski definition) is 0. The van der Waals surface area contributed by atoms with Gasteiger partial charge in [-0.15, -0.1) is 5.10 Å². The van der Waals surface area contributed by atoms with Gasteiger partial charge in [0.05, 0.1) is 5.52 Å². The van der Waals surface area contributed by atoms with Crippen molar-refractivity contribution >= 4 is 16.7 Å². The van der Waals surface area contributed by atoms with Crippen molar-refractivity contribution < 1.29 is 4.52 Å². The van der Waals surface area contributed by atoms with Crippen molar-refractivity contribution in [3.8, 4) is 22.8 Å². The molecule has 0 aliphatic rings. The molecule has 0 saturated carbocycles. The summed E-state index contributed by atoms with van der Waals surface area (Å²) in [5, 5.41) is 12.6. The van der Waals surface area contributed by atoms with E-state index in [0.29, 0.717) is 11.7 Å². The van der Waals surface area contributed by atoms with Gasteiger partial charge in [0.15, 0.2) is 0 Å². The molecule has 0 bridgehead atoms. The zero-order valence-electron chi connectivity index (χ0n) is 15.0. The van der Waals surface area contributed by atoms with Gasteiger partial charge in [-0.1, -0.05) is 23.4 Å². The number of benzene rings is 2. The molecule has 0 N–H and O–H groups in total. The van der Waals surface area contributed by atoms with E-state index in [-0.39, 0.29) is 0 Å². The molecule has 0 aliphatic heterocycles. The summed E-state index contributed by atoms with van der Waals surface area (Å²) in [6.07, 6.45) is 1.01. The van der Waals surface area contributed by atoms with Crippen LogP contribution in [-0.2, 0) is 6.54 Å². The summed E-state index contributed by atoms with van der Waals surface area (Å²) < 4.78 is 7.39. The van der Waals surface area contributed by atoms with Gasteiger partial charge in [0, 0.05) is 37.5 Å². The number of nitrogens with zero attached hydrogens (tertiary/aromatic N) is 6. The molecule has 0 amide bonds. The molecule has 2 heterocycles. The Bertz CT molecular complexity index is 1050. The summed E-state index contributed by atoms with van der Waals surface area (Å²) in [5.41, 5.74) is 4.68. The third kappa shape index (κ3) is 2.92. The predicted molar refractivity (Wildman–Crippen MR) is 101 cm³/mol. The van der Waals surface area contributed by atoms with Gasteiger partial charge in [-0.2, -0.15) is 4.98 Å². The largest absolute Gasteiger partial charge is 0.378 e. The van der Waals surface area contributed by atoms with Gasteiger partial charge in [-0.05, 0) is 42.8 Å². The molecule has 0 aliphatic carbocycles. The molecule has 2 aromatic heterocycles. The molecule has 0 unspecified atom stereocenters. The highest BCUT2D eigenvalue weighted by atomic mass is 16.5. The van der Waals surface area contributed by atoms with Gasteiger partial charge in [0.25, 0.3) is 5.89 Å². The van der Waals surface area contributed by atoms with Crippen LogP contribution in [-0.4, -0.2) is 39.2 Å². The predicted octanol–water partition coefficient (Wildman–Crippen LogP) is 3.62. The zero-order valence-corrected chi connectivity index (χ0v) is 15.0. The normalized spacial score (nSPS) is 11.2. The maximum absolute atomic E-state index is 5.47. The van der Waals surface area contributed by atoms with Gasteiger partial charge >= 0.3 is 0 Å². The van der Waals surface area contributed by atoms with Crippen LogP contribution in [0.5, 0.6) is 0 Å². The van der Waals surface area contributed by atoms with E-state index >= 15 is 0 Å². The molecular weight excluding hydrogens is 328 g/mol. The summed E-state index contributed by atoms with van der Waals surface area (Å²) >= 11 is 0. The van der Waals surface area contributed by atoms with E-state index in [2.05, 4.69) is 27.4 Å². The second-order valence-corrected chi connectivity index (χ2v) is 6.38. The fraction of sp³-hybridized carbons (Fsp3) is 0.263. The Labute approximate surface area is 151 Å². The van der Waals surface area contributed by atoms with Gasteiger partial charge in [-0.3, -0.25) is 0 Å². The highest BCUT2D eigenvalue weighted by Gasteiger charge is 2.13. The van der Waals surface area contributed by atoms with Crippen molar-refractivity contribution in [3.05, 3.63) is 42.5 Å². The third-order valence-corrected chi connectivity index (χ3v) is 4.24. The summed E-state index contributed by atoms with van der Waals surface area (Å²) in [6, 6.07) is 13.9. The monoisotopic (exact) mass is 348 g/mol. The Morgan fingerprint density at radius 1 is 1.08 bits per heavy atom. The smallest absolute Gasteiger partial charge is 0.258 e. The minimum atomic E-state index is 0.499. The van der Waals surface area contributed by atoms with Crippen molar-refractivity contribution in [1.82, 2.24) is 25.1 Å². The summed E-state index contributed by atoms with van der Waals surface area (Å²) in [5.74, 6) is 1.04. The SMILES string of the molecule is CCCn1nnc2cc(-c3noc(-c4cccc(N(C)C)c4)n3)ccc21. The quantitative estimate of drug-likeness (QED) is 0.548. The molecule has 0 radical (unpaired) electrons. The van der Waals surface area contributed by atoms with Crippen LogP contribution in [0.1, 0.15) is 13.3 Å². The van der Waals surface area contributed by atoms with Gasteiger partial charge in [-0.25, -0.2) is 4.68 Å². The van der Waals surface area contributed by atoms with Crippen LogP contribution in [0.25, 0.3) is 33.9 Å². The molecule has 7 nitrogen and oxygen atoms in total. The molecule has 132 valence electrons. The number of rotatable bonds is 5. The van der Waals surface area contributed by atoms with Crippen LogP contribution in [0.4, 0.5) is 5.69 Å². The standard InChI is InChI=1S/C19H20N6O/c1-4-10-25-17-9-8-13(12-16(17)21-23-25)18-20-19(26-22-18)14-6-5-7-15(11-14)24(2)3/h5-9,11-12H,4,10H2,1-3H3. The van der Waals surface area contributed by atoms with Crippen molar-refractivity contribution in [2.45, 2.75) is 19.9 Å². The van der Waals surface area contributed by atoms with E-state index in [1.54, 1.807) is 0 Å². The lowest BCUT2D eigenvalue weighted by Crippen LogP contribution is -2.08. The van der Waals surface area contributed by atoms with Crippen LogP contribution in [0, 0.1) is 0 Å². The van der Waals surface area contributed by atoms with E-state index < -0.39 is 0 Å². The fourth-order valence-corrected chi connectivity index (χ4v) is 2.86. The summed E-state index contributed by atoms with van der Waals surface area (Å²) in [7, 11) is 4.00. The average molecular weight is 348 g/mol. The molecule has 4 aromatic rings. The minimum absolute atomic E-state index is 0.499. The summed E-state index contributed by atoms with van der Waals surface area (Å²) in [4.78, 5) is 6.59. The average Bonchev–Trinajstić information content (AvgIpc) is 3.29. The van der Waals surface area contributed by atoms with Gasteiger partial charge in [0.2, 0.25) is 5.82 Å². The molecule has 2 aromatic carbocycles. The molecule has 26 heavy (non-hydrogen) atoms. The molecule has 4 rings (SSSR count). The zero-order chi connectivity index (χ0) is 18.1. The van der Waals surface area contributed by atoms with Crippen LogP contribution in [0.3, 0.4) is 0 Å². The number of aryl methyl sites for hydroxylation is 1. The van der Waals surface area contributed by atoms with Crippen molar-refractivity contribution in [2.75, 3.05) is 19.0 Å². The van der Waals surface area contributed by atoms with Crippen LogP contribution in [0.2, 0.25) is 0 Å². The maximum atomic E-state index is 5.47. The van der Waals surface area contributed by atoms with Crippen molar-refractivity contribution in [1.29, 1.82) is 0 Å². The number of anilines is 1. The Balaban J connectivity index is 1.67. The van der Waals surface area contributed by atoms with Crippen molar-refractivity contribution in [2.24, 2.45) is 0 Å². The van der Waals surface area contributed by atoms with E-state index in [9.17, 15) is 0 Å². The lowest BCUT2D eigenvalue weighted by molar-refractivity contribution is 0.432. The van der Waals surface area contributed by atoms with E-state index in [4.69, 9.17) is 4.52 Å². The Kier molecular flexibility index (Phi) is 4.12. The molecule has 7 heteroatoms. The first-order valence-electron chi connectivity index (χ1n) is 8.61. The van der Waals surface area contributed by atoms with Crippen molar-refractivity contribution in [3.63, 3.8) is 0 Å². The van der Waals surface area contributed by atoms with Crippen LogP contribution in [0.15, 0.2) is 47.0 Å². The maximum Gasteiger partial charge on any atom is 0.258 e. The second-order valence-electron chi connectivity index (χ2n) is 6.38. The van der Waals surface area contributed by atoms with Gasteiger partial charge < -0.3 is 9.42 Å². The number of hydrogen-bond acceptors (Lipinski definition) is 6. The lowest BCUT2D eigenvalue weighted by atomic mass is 10.1. The minimum Gasteiger partial charge on any atom is -0.378 e. The first-order chi connectivity index (χ1) is 12.7. The van der Waals surface area contributed by atoms with E-state index in [1.807, 2.05) is 66.1 Å². The first kappa shape index (κ1) is 16.3. The lowest BCUT2D eigenvalue weighted by Gasteiger charge is -2.12. The highest BCUT2D eigenvalue weighted by Crippen LogP contribution is 2.26. The third-order valence-electron chi connectivity index (χ3n) is 4.24. The van der Waals surface area contributed by atoms with Crippen LogP contribution < -0.4 is 4.90 Å². The molecule has 0 saturated heterocycles. The van der Waals surface area contributed by atoms with E-state index in [0.717, 1.165) is 40.8 Å². The Morgan fingerprint density at radius 2 is 1.96 bits per heavy atom. The fourth-order valence-electron chi connectivity index (χ4n) is 2.86.